The van der Waals surface area contributed by atoms with Crippen molar-refractivity contribution in [3.05, 3.63) is 58.6 Å². The lowest BCUT2D eigenvalue weighted by Crippen LogP contribution is -2.15. The number of carbonyl (C=O) groups excluding carboxylic acids is 2. The fraction of sp³-hybridized carbons (Fsp3) is 0.320. The van der Waals surface area contributed by atoms with Gasteiger partial charge in [-0.15, -0.1) is 0 Å². The first-order valence-electron chi connectivity index (χ1n) is 11.1. The van der Waals surface area contributed by atoms with Gasteiger partial charge in [0.2, 0.25) is 5.88 Å². The van der Waals surface area contributed by atoms with Gasteiger partial charge in [0.1, 0.15) is 5.69 Å². The number of esters is 1. The van der Waals surface area contributed by atoms with Crippen molar-refractivity contribution in [1.82, 2.24) is 5.16 Å². The second-order valence-corrected chi connectivity index (χ2v) is 7.65. The molecule has 0 spiro atoms. The number of nitrogens with one attached hydrogen (secondary N) is 1. The molecule has 0 bridgehead atoms. The smallest absolute Gasteiger partial charge is 0.346 e. The Bertz CT molecular complexity index is 1130. The lowest BCUT2D eigenvalue weighted by molar-refractivity contribution is 0.0528. The Morgan fingerprint density at radius 2 is 1.76 bits per heavy atom. The summed E-state index contributed by atoms with van der Waals surface area (Å²) in [5, 5.41) is 7.14. The number of carbonyl (C=O) groups is 2. The maximum absolute atomic E-state index is 13.0. The monoisotopic (exact) mass is 486 g/mol. The minimum atomic E-state index is -0.668. The summed E-state index contributed by atoms with van der Waals surface area (Å²) < 4.78 is 21.9. The van der Waals surface area contributed by atoms with Crippen molar-refractivity contribution >= 4 is 29.4 Å². The average Bonchev–Trinajstić information content (AvgIpc) is 3.24. The SMILES string of the molecule is CCCCOc1ccc(C(=O)Nc2onc(-c3ccc(Cl)cc3)c2C(=O)OCC)cc1OCC. The van der Waals surface area contributed by atoms with Gasteiger partial charge in [-0.1, -0.05) is 42.2 Å². The van der Waals surface area contributed by atoms with Crippen LogP contribution in [0.3, 0.4) is 0 Å². The Hall–Kier alpha value is -3.52. The van der Waals surface area contributed by atoms with Gasteiger partial charge in [-0.25, -0.2) is 4.79 Å². The molecule has 180 valence electrons. The fourth-order valence-corrected chi connectivity index (χ4v) is 3.24. The number of anilines is 1. The van der Waals surface area contributed by atoms with Gasteiger partial charge < -0.3 is 18.7 Å². The summed E-state index contributed by atoms with van der Waals surface area (Å²) in [6.45, 7) is 6.72. The Labute approximate surface area is 203 Å². The van der Waals surface area contributed by atoms with Crippen LogP contribution in [0.2, 0.25) is 5.02 Å². The molecule has 34 heavy (non-hydrogen) atoms. The van der Waals surface area contributed by atoms with Gasteiger partial charge in [0.25, 0.3) is 5.91 Å². The van der Waals surface area contributed by atoms with Gasteiger partial charge >= 0.3 is 5.97 Å². The maximum Gasteiger partial charge on any atom is 0.346 e. The number of unbranched alkanes of at least 4 members (excludes halogenated alkanes) is 1. The van der Waals surface area contributed by atoms with E-state index in [-0.39, 0.29) is 23.7 Å². The molecule has 0 saturated heterocycles. The molecule has 0 saturated carbocycles. The number of rotatable bonds is 11. The molecule has 1 heterocycles. The number of amides is 1. The van der Waals surface area contributed by atoms with Crippen molar-refractivity contribution in [3.8, 4) is 22.8 Å². The number of ether oxygens (including phenoxy) is 3. The van der Waals surface area contributed by atoms with E-state index in [4.69, 9.17) is 30.3 Å². The first kappa shape index (κ1) is 25.1. The quantitative estimate of drug-likeness (QED) is 0.262. The zero-order valence-corrected chi connectivity index (χ0v) is 20.1. The van der Waals surface area contributed by atoms with Gasteiger partial charge in [-0.3, -0.25) is 10.1 Å². The first-order valence-corrected chi connectivity index (χ1v) is 11.5. The van der Waals surface area contributed by atoms with Crippen LogP contribution < -0.4 is 14.8 Å². The molecule has 0 unspecified atom stereocenters. The van der Waals surface area contributed by atoms with Crippen molar-refractivity contribution in [2.45, 2.75) is 33.6 Å². The lowest BCUT2D eigenvalue weighted by atomic mass is 10.1. The highest BCUT2D eigenvalue weighted by Crippen LogP contribution is 2.32. The molecule has 1 N–H and O–H groups in total. The molecular formula is C25H27ClN2O6. The van der Waals surface area contributed by atoms with E-state index in [2.05, 4.69) is 17.4 Å². The van der Waals surface area contributed by atoms with Crippen LogP contribution in [0.5, 0.6) is 11.5 Å². The summed E-state index contributed by atoms with van der Waals surface area (Å²) in [6, 6.07) is 11.6. The summed E-state index contributed by atoms with van der Waals surface area (Å²) in [4.78, 5) is 25.7. The van der Waals surface area contributed by atoms with Crippen molar-refractivity contribution in [3.63, 3.8) is 0 Å². The number of hydrogen-bond acceptors (Lipinski definition) is 7. The number of benzene rings is 2. The van der Waals surface area contributed by atoms with Crippen LogP contribution in [-0.2, 0) is 4.74 Å². The Balaban J connectivity index is 1.89. The van der Waals surface area contributed by atoms with Gasteiger partial charge in [0, 0.05) is 16.1 Å². The van der Waals surface area contributed by atoms with E-state index < -0.39 is 11.9 Å². The Kier molecular flexibility index (Phi) is 8.93. The third-order valence-corrected chi connectivity index (χ3v) is 5.03. The van der Waals surface area contributed by atoms with Crippen LogP contribution >= 0.6 is 11.6 Å². The molecule has 0 radical (unpaired) electrons. The van der Waals surface area contributed by atoms with Crippen molar-refractivity contribution in [2.24, 2.45) is 0 Å². The topological polar surface area (TPSA) is 99.9 Å². The maximum atomic E-state index is 13.0. The lowest BCUT2D eigenvalue weighted by Gasteiger charge is -2.13. The van der Waals surface area contributed by atoms with Gasteiger partial charge in [-0.05, 0) is 50.6 Å². The largest absolute Gasteiger partial charge is 0.490 e. The molecule has 3 rings (SSSR count). The summed E-state index contributed by atoms with van der Waals surface area (Å²) in [7, 11) is 0. The second-order valence-electron chi connectivity index (χ2n) is 7.21. The van der Waals surface area contributed by atoms with Crippen molar-refractivity contribution in [1.29, 1.82) is 0 Å². The minimum absolute atomic E-state index is 0.0158. The van der Waals surface area contributed by atoms with Crippen LogP contribution in [0, 0.1) is 0 Å². The predicted molar refractivity (Wildman–Crippen MR) is 129 cm³/mol. The highest BCUT2D eigenvalue weighted by molar-refractivity contribution is 6.30. The highest BCUT2D eigenvalue weighted by Gasteiger charge is 2.27. The van der Waals surface area contributed by atoms with Crippen molar-refractivity contribution in [2.75, 3.05) is 25.1 Å². The zero-order valence-electron chi connectivity index (χ0n) is 19.4. The predicted octanol–water partition coefficient (Wildman–Crippen LogP) is 6.00. The number of hydrogen-bond donors (Lipinski definition) is 1. The van der Waals surface area contributed by atoms with Crippen LogP contribution in [0.1, 0.15) is 54.3 Å². The Morgan fingerprint density at radius 1 is 1.00 bits per heavy atom. The van der Waals surface area contributed by atoms with E-state index in [1.54, 1.807) is 49.4 Å². The molecule has 1 aromatic heterocycles. The van der Waals surface area contributed by atoms with E-state index in [1.165, 1.54) is 0 Å². The Morgan fingerprint density at radius 3 is 2.44 bits per heavy atom. The van der Waals surface area contributed by atoms with Gasteiger partial charge in [-0.2, -0.15) is 0 Å². The van der Waals surface area contributed by atoms with Gasteiger partial charge in [0.05, 0.1) is 19.8 Å². The molecule has 9 heteroatoms. The van der Waals surface area contributed by atoms with E-state index >= 15 is 0 Å². The molecule has 0 aliphatic carbocycles. The molecule has 8 nitrogen and oxygen atoms in total. The van der Waals surface area contributed by atoms with Gasteiger partial charge in [0.15, 0.2) is 17.1 Å². The fourth-order valence-electron chi connectivity index (χ4n) is 3.11. The molecule has 3 aromatic rings. The number of nitrogens with zero attached hydrogens (tertiary/aromatic N) is 1. The summed E-state index contributed by atoms with van der Waals surface area (Å²) in [5.41, 5.74) is 1.14. The van der Waals surface area contributed by atoms with Crippen LogP contribution in [0.4, 0.5) is 5.88 Å². The van der Waals surface area contributed by atoms with E-state index in [1.807, 2.05) is 6.92 Å². The highest BCUT2D eigenvalue weighted by atomic mass is 35.5. The standard InChI is InChI=1S/C25H27ClN2O6/c1-4-7-14-33-19-13-10-17(15-20(19)31-5-2)23(29)27-24-21(25(30)32-6-3)22(28-34-24)16-8-11-18(26)12-9-16/h8-13,15H,4-7,14H2,1-3H3,(H,27,29). The number of aromatic nitrogens is 1. The van der Waals surface area contributed by atoms with E-state index in [0.29, 0.717) is 40.9 Å². The van der Waals surface area contributed by atoms with Crippen molar-refractivity contribution < 1.29 is 28.3 Å². The first-order chi connectivity index (χ1) is 16.5. The number of halogens is 1. The molecule has 0 atom stereocenters. The average molecular weight is 487 g/mol. The summed E-state index contributed by atoms with van der Waals surface area (Å²) in [5.74, 6) is -0.279. The third kappa shape index (κ3) is 6.08. The third-order valence-electron chi connectivity index (χ3n) is 4.78. The second kappa shape index (κ2) is 12.1. The summed E-state index contributed by atoms with van der Waals surface area (Å²) >= 11 is 5.96. The molecule has 2 aromatic carbocycles. The molecule has 0 fully saturated rings. The normalized spacial score (nSPS) is 10.6. The minimum Gasteiger partial charge on any atom is -0.490 e. The van der Waals surface area contributed by atoms with Crippen LogP contribution in [0.25, 0.3) is 11.3 Å². The summed E-state index contributed by atoms with van der Waals surface area (Å²) in [6.07, 6.45) is 1.91. The van der Waals surface area contributed by atoms with Crippen LogP contribution in [0.15, 0.2) is 47.0 Å². The molecule has 0 aliphatic rings. The van der Waals surface area contributed by atoms with E-state index in [0.717, 1.165) is 12.8 Å². The molecule has 1 amide bonds. The molecular weight excluding hydrogens is 460 g/mol. The van der Waals surface area contributed by atoms with E-state index in [9.17, 15) is 9.59 Å². The van der Waals surface area contributed by atoms with Crippen LogP contribution in [-0.4, -0.2) is 36.9 Å². The zero-order chi connectivity index (χ0) is 24.5. The molecule has 0 aliphatic heterocycles.